The molecule has 0 spiro atoms. The Kier molecular flexibility index (Phi) is 5.09. The van der Waals surface area contributed by atoms with E-state index in [0.717, 1.165) is 30.4 Å². The van der Waals surface area contributed by atoms with Gasteiger partial charge in [0.15, 0.2) is 29.1 Å². The molecular weight excluding hydrogens is 440 g/mol. The lowest BCUT2D eigenvalue weighted by Gasteiger charge is -2.34. The highest BCUT2D eigenvalue weighted by atomic mass is 16.6. The molecule has 0 aromatic heterocycles. The van der Waals surface area contributed by atoms with E-state index in [1.807, 2.05) is 0 Å². The quantitative estimate of drug-likeness (QED) is 0.169. The maximum atomic E-state index is 12.7. The highest BCUT2D eigenvalue weighted by Crippen LogP contribution is 2.41. The fourth-order valence-corrected chi connectivity index (χ4v) is 3.53. The van der Waals surface area contributed by atoms with E-state index in [9.17, 15) is 45.0 Å². The van der Waals surface area contributed by atoms with E-state index in [-0.39, 0.29) is 40.4 Å². The van der Waals surface area contributed by atoms with Gasteiger partial charge in [0.25, 0.3) is 5.78 Å². The Balaban J connectivity index is 1.73. The SMILES string of the molecule is O=C1C=C([C@H]2Oc3cc(O)cc(O)c3C[C@H]2OC(=O)c2cc(O)c(O)c(O)c2)C=C(O)C1=O. The number of benzene rings is 2. The summed E-state index contributed by atoms with van der Waals surface area (Å²) in [4.78, 5) is 36.2. The number of ketones is 2. The number of hydrogen-bond donors (Lipinski definition) is 6. The summed E-state index contributed by atoms with van der Waals surface area (Å²) in [6.45, 7) is 0. The molecule has 1 aliphatic heterocycles. The van der Waals surface area contributed by atoms with E-state index in [4.69, 9.17) is 9.47 Å². The molecule has 6 N–H and O–H groups in total. The summed E-state index contributed by atoms with van der Waals surface area (Å²) in [7, 11) is 0. The summed E-state index contributed by atoms with van der Waals surface area (Å²) < 4.78 is 11.2. The second-order valence-electron chi connectivity index (χ2n) is 7.36. The van der Waals surface area contributed by atoms with Crippen molar-refractivity contribution in [3.8, 4) is 34.5 Å². The number of phenols is 5. The second kappa shape index (κ2) is 7.79. The number of hydrogen-bond acceptors (Lipinski definition) is 11. The minimum Gasteiger partial charge on any atom is -0.508 e. The van der Waals surface area contributed by atoms with Crippen molar-refractivity contribution in [2.75, 3.05) is 0 Å². The molecule has 11 heteroatoms. The molecule has 1 aliphatic carbocycles. The van der Waals surface area contributed by atoms with Crippen LogP contribution in [0.25, 0.3) is 0 Å². The number of allylic oxidation sites excluding steroid dienone is 2. The summed E-state index contributed by atoms with van der Waals surface area (Å²) in [6, 6.07) is 3.95. The van der Waals surface area contributed by atoms with Gasteiger partial charge in [-0.2, -0.15) is 0 Å². The Bertz CT molecular complexity index is 1250. The molecule has 0 radical (unpaired) electrons. The molecule has 1 heterocycles. The Morgan fingerprint density at radius 3 is 2.21 bits per heavy atom. The second-order valence-corrected chi connectivity index (χ2v) is 7.36. The lowest BCUT2D eigenvalue weighted by molar-refractivity contribution is -0.133. The minimum absolute atomic E-state index is 0.0141. The van der Waals surface area contributed by atoms with E-state index in [0.29, 0.717) is 0 Å². The van der Waals surface area contributed by atoms with Gasteiger partial charge in [0, 0.05) is 29.7 Å². The van der Waals surface area contributed by atoms with Gasteiger partial charge in [0.05, 0.1) is 5.56 Å². The average Bonchev–Trinajstić information content (AvgIpc) is 2.75. The van der Waals surface area contributed by atoms with Gasteiger partial charge in [-0.25, -0.2) is 4.79 Å². The number of aromatic hydroxyl groups is 5. The van der Waals surface area contributed by atoms with Crippen LogP contribution in [0, 0.1) is 0 Å². The lowest BCUT2D eigenvalue weighted by Crippen LogP contribution is -2.42. The smallest absolute Gasteiger partial charge is 0.338 e. The van der Waals surface area contributed by atoms with E-state index >= 15 is 0 Å². The predicted molar refractivity (Wildman–Crippen MR) is 107 cm³/mol. The fourth-order valence-electron chi connectivity index (χ4n) is 3.53. The van der Waals surface area contributed by atoms with E-state index < -0.39 is 52.8 Å². The topological polar surface area (TPSA) is 191 Å². The predicted octanol–water partition coefficient (Wildman–Crippen LogP) is 1.26. The standard InChI is InChI=1S/C22H16O11/c23-10-5-12(24)11-7-18(33-22(31)9-3-15(27)20(30)16(28)4-9)21(32-17(11)6-10)8-1-13(25)19(29)14(26)2-8/h1-6,18,21,23-25,27-28,30H,7H2/t18-,21-/m1/s1. The van der Waals surface area contributed by atoms with Crippen LogP contribution in [0.3, 0.4) is 0 Å². The number of aliphatic hydroxyl groups is 1. The molecule has 2 aromatic rings. The van der Waals surface area contributed by atoms with Gasteiger partial charge in [-0.15, -0.1) is 0 Å². The maximum Gasteiger partial charge on any atom is 0.338 e. The monoisotopic (exact) mass is 456 g/mol. The Hall–Kier alpha value is -4.67. The zero-order chi connectivity index (χ0) is 24.0. The normalized spacial score (nSPS) is 19.8. The van der Waals surface area contributed by atoms with Gasteiger partial charge < -0.3 is 40.1 Å². The first-order valence-electron chi connectivity index (χ1n) is 9.43. The van der Waals surface area contributed by atoms with E-state index in [2.05, 4.69) is 0 Å². The number of ether oxygens (including phenoxy) is 2. The molecule has 11 nitrogen and oxygen atoms in total. The van der Waals surface area contributed by atoms with E-state index in [1.54, 1.807) is 0 Å². The lowest BCUT2D eigenvalue weighted by atomic mass is 9.90. The first kappa shape index (κ1) is 21.6. The molecule has 0 saturated heterocycles. The van der Waals surface area contributed by atoms with Crippen LogP contribution in [0.15, 0.2) is 47.7 Å². The Labute approximate surface area is 184 Å². The molecule has 170 valence electrons. The van der Waals surface area contributed by atoms with Crippen molar-refractivity contribution in [3.63, 3.8) is 0 Å². The van der Waals surface area contributed by atoms with Crippen LogP contribution in [-0.2, 0) is 20.7 Å². The zero-order valence-electron chi connectivity index (χ0n) is 16.6. The maximum absolute atomic E-state index is 12.7. The molecule has 0 bridgehead atoms. The molecule has 2 aromatic carbocycles. The molecule has 0 saturated carbocycles. The zero-order valence-corrected chi connectivity index (χ0v) is 16.6. The number of aliphatic hydroxyl groups excluding tert-OH is 1. The van der Waals surface area contributed by atoms with Crippen LogP contribution in [0.5, 0.6) is 34.5 Å². The van der Waals surface area contributed by atoms with E-state index in [1.165, 1.54) is 6.07 Å². The molecular formula is C22H16O11. The summed E-state index contributed by atoms with van der Waals surface area (Å²) in [5, 5.41) is 58.5. The van der Waals surface area contributed by atoms with Crippen molar-refractivity contribution in [3.05, 3.63) is 58.9 Å². The fraction of sp³-hybridized carbons (Fsp3) is 0.136. The molecule has 2 aliphatic rings. The number of Topliss-reactive ketones (excluding diaryl/α,β-unsaturated/α-hetero) is 1. The summed E-state index contributed by atoms with van der Waals surface area (Å²) in [5.74, 6) is -7.11. The summed E-state index contributed by atoms with van der Waals surface area (Å²) >= 11 is 0. The molecule has 0 fully saturated rings. The van der Waals surface area contributed by atoms with Crippen LogP contribution in [-0.4, -0.2) is 60.4 Å². The van der Waals surface area contributed by atoms with Crippen molar-refractivity contribution in [2.45, 2.75) is 18.6 Å². The highest BCUT2D eigenvalue weighted by molar-refractivity contribution is 6.47. The first-order chi connectivity index (χ1) is 15.5. The van der Waals surface area contributed by atoms with Crippen molar-refractivity contribution >= 4 is 17.5 Å². The average molecular weight is 456 g/mol. The Morgan fingerprint density at radius 1 is 0.909 bits per heavy atom. The number of carbonyl (C=O) groups is 3. The molecule has 2 atom stereocenters. The van der Waals surface area contributed by atoms with Crippen LogP contribution in [0.4, 0.5) is 0 Å². The van der Waals surface area contributed by atoms with Gasteiger partial charge in [-0.3, -0.25) is 9.59 Å². The molecule has 0 amide bonds. The minimum atomic E-state index is -1.25. The van der Waals surface area contributed by atoms with Crippen molar-refractivity contribution < 1.29 is 54.5 Å². The third-order valence-corrected chi connectivity index (χ3v) is 5.12. The first-order valence-corrected chi connectivity index (χ1v) is 9.43. The van der Waals surface area contributed by atoms with Crippen LogP contribution in [0.2, 0.25) is 0 Å². The highest BCUT2D eigenvalue weighted by Gasteiger charge is 2.39. The van der Waals surface area contributed by atoms with Gasteiger partial charge in [-0.1, -0.05) is 0 Å². The largest absolute Gasteiger partial charge is 0.508 e. The number of carbonyl (C=O) groups excluding carboxylic acids is 3. The molecule has 0 unspecified atom stereocenters. The van der Waals surface area contributed by atoms with Gasteiger partial charge in [0.1, 0.15) is 23.4 Å². The summed E-state index contributed by atoms with van der Waals surface area (Å²) in [5.41, 5.74) is -0.172. The molecule has 33 heavy (non-hydrogen) atoms. The summed E-state index contributed by atoms with van der Waals surface area (Å²) in [6.07, 6.45) is -0.765. The van der Waals surface area contributed by atoms with Gasteiger partial charge in [0.2, 0.25) is 5.78 Å². The van der Waals surface area contributed by atoms with Gasteiger partial charge in [-0.05, 0) is 24.3 Å². The van der Waals surface area contributed by atoms with Crippen molar-refractivity contribution in [1.29, 1.82) is 0 Å². The Morgan fingerprint density at radius 2 is 1.58 bits per heavy atom. The van der Waals surface area contributed by atoms with Gasteiger partial charge >= 0.3 is 5.97 Å². The van der Waals surface area contributed by atoms with Crippen molar-refractivity contribution in [1.82, 2.24) is 0 Å². The van der Waals surface area contributed by atoms with Crippen LogP contribution in [0.1, 0.15) is 15.9 Å². The number of esters is 1. The third kappa shape index (κ3) is 3.87. The third-order valence-electron chi connectivity index (χ3n) is 5.12. The van der Waals surface area contributed by atoms with Crippen molar-refractivity contribution in [2.24, 2.45) is 0 Å². The van der Waals surface area contributed by atoms with Crippen LogP contribution < -0.4 is 4.74 Å². The number of fused-ring (bicyclic) bond motifs is 1. The number of phenolic OH excluding ortho intramolecular Hbond substituents is 5. The number of rotatable bonds is 3. The van der Waals surface area contributed by atoms with Crippen LogP contribution >= 0.6 is 0 Å². The molecule has 4 rings (SSSR count).